The van der Waals surface area contributed by atoms with Crippen molar-refractivity contribution in [3.05, 3.63) is 78.9 Å². The highest BCUT2D eigenvalue weighted by Crippen LogP contribution is 2.35. The molecule has 0 spiro atoms. The first kappa shape index (κ1) is 22.6. The minimum atomic E-state index is -0.917. The monoisotopic (exact) mass is 425 g/mol. The van der Waals surface area contributed by atoms with Gasteiger partial charge in [0.1, 0.15) is 36.9 Å². The van der Waals surface area contributed by atoms with Gasteiger partial charge >= 0.3 is 0 Å². The van der Waals surface area contributed by atoms with Crippen molar-refractivity contribution < 1.29 is 29.9 Å². The second kappa shape index (κ2) is 11.3. The first-order valence-electron chi connectivity index (χ1n) is 9.99. The maximum atomic E-state index is 9.44. The zero-order chi connectivity index (χ0) is 22.1. The van der Waals surface area contributed by atoms with Crippen LogP contribution < -0.4 is 14.4 Å². The number of nitrogens with zero attached hydrogens (tertiary/aromatic N) is 1. The van der Waals surface area contributed by atoms with Gasteiger partial charge in [0, 0.05) is 17.1 Å². The highest BCUT2D eigenvalue weighted by molar-refractivity contribution is 5.76. The third kappa shape index (κ3) is 6.44. The van der Waals surface area contributed by atoms with Gasteiger partial charge in [0.2, 0.25) is 0 Å². The fourth-order valence-corrected chi connectivity index (χ4v) is 2.90. The molecule has 0 aliphatic rings. The van der Waals surface area contributed by atoms with Gasteiger partial charge in [0.15, 0.2) is 0 Å². The van der Waals surface area contributed by atoms with Gasteiger partial charge in [-0.2, -0.15) is 0 Å². The Bertz CT molecular complexity index is 844. The van der Waals surface area contributed by atoms with Crippen molar-refractivity contribution in [2.45, 2.75) is 12.2 Å². The Balaban J connectivity index is 1.81. The number of para-hydroxylation sites is 1. The second-order valence-corrected chi connectivity index (χ2v) is 6.95. The van der Waals surface area contributed by atoms with E-state index in [2.05, 4.69) is 4.90 Å². The van der Waals surface area contributed by atoms with Crippen LogP contribution in [0.2, 0.25) is 0 Å². The molecule has 3 rings (SSSR count). The number of aliphatic hydroxyl groups is 4. The molecule has 0 aliphatic heterocycles. The molecular formula is C24H27NO6. The molecule has 7 heteroatoms. The van der Waals surface area contributed by atoms with Crippen LogP contribution in [0.15, 0.2) is 78.9 Å². The summed E-state index contributed by atoms with van der Waals surface area (Å²) in [7, 11) is 0. The van der Waals surface area contributed by atoms with E-state index in [1.54, 1.807) is 0 Å². The van der Waals surface area contributed by atoms with E-state index in [1.165, 1.54) is 0 Å². The Kier molecular flexibility index (Phi) is 8.26. The minimum Gasteiger partial charge on any atom is -0.491 e. The molecule has 3 aromatic rings. The van der Waals surface area contributed by atoms with Crippen LogP contribution in [0.5, 0.6) is 11.5 Å². The van der Waals surface area contributed by atoms with E-state index in [9.17, 15) is 10.2 Å². The quantitative estimate of drug-likeness (QED) is 0.375. The lowest BCUT2D eigenvalue weighted by atomic mass is 10.2. The molecule has 0 heterocycles. The fourth-order valence-electron chi connectivity index (χ4n) is 2.90. The largest absolute Gasteiger partial charge is 0.491 e. The summed E-state index contributed by atoms with van der Waals surface area (Å²) in [6.07, 6.45) is -1.83. The van der Waals surface area contributed by atoms with Crippen LogP contribution >= 0.6 is 0 Å². The summed E-state index contributed by atoms with van der Waals surface area (Å²) in [5.74, 6) is 1.19. The number of rotatable bonds is 11. The number of benzene rings is 3. The van der Waals surface area contributed by atoms with Gasteiger partial charge in [-0.1, -0.05) is 18.2 Å². The molecule has 164 valence electrons. The molecule has 3 aromatic carbocycles. The lowest BCUT2D eigenvalue weighted by Crippen LogP contribution is -2.21. The minimum absolute atomic E-state index is 0.0185. The molecule has 0 aliphatic carbocycles. The normalized spacial score (nSPS) is 12.8. The van der Waals surface area contributed by atoms with E-state index in [1.807, 2.05) is 78.9 Å². The van der Waals surface area contributed by atoms with Crippen LogP contribution in [-0.4, -0.2) is 59.1 Å². The molecule has 4 N–H and O–H groups in total. The molecule has 0 fully saturated rings. The Labute approximate surface area is 181 Å². The van der Waals surface area contributed by atoms with Crippen molar-refractivity contribution in [3.63, 3.8) is 0 Å². The zero-order valence-electron chi connectivity index (χ0n) is 17.0. The predicted molar refractivity (Wildman–Crippen MR) is 118 cm³/mol. The Hall–Kier alpha value is -3.10. The molecule has 0 bridgehead atoms. The molecular weight excluding hydrogens is 398 g/mol. The van der Waals surface area contributed by atoms with Gasteiger partial charge in [0.05, 0.1) is 13.2 Å². The molecule has 0 amide bonds. The first-order chi connectivity index (χ1) is 15.1. The van der Waals surface area contributed by atoms with Gasteiger partial charge in [-0.05, 0) is 60.7 Å². The van der Waals surface area contributed by atoms with Gasteiger partial charge in [-0.15, -0.1) is 0 Å². The molecule has 2 atom stereocenters. The number of hydrogen-bond acceptors (Lipinski definition) is 7. The summed E-state index contributed by atoms with van der Waals surface area (Å²) < 4.78 is 11.0. The van der Waals surface area contributed by atoms with E-state index < -0.39 is 12.2 Å². The van der Waals surface area contributed by atoms with Gasteiger partial charge in [0.25, 0.3) is 0 Å². The van der Waals surface area contributed by atoms with Crippen LogP contribution in [-0.2, 0) is 0 Å². The van der Waals surface area contributed by atoms with Crippen molar-refractivity contribution in [3.8, 4) is 11.5 Å². The van der Waals surface area contributed by atoms with Crippen LogP contribution in [0.1, 0.15) is 0 Å². The second-order valence-electron chi connectivity index (χ2n) is 6.95. The summed E-state index contributed by atoms with van der Waals surface area (Å²) in [6, 6.07) is 24.8. The topological polar surface area (TPSA) is 103 Å². The molecule has 0 radical (unpaired) electrons. The number of anilines is 3. The molecule has 31 heavy (non-hydrogen) atoms. The van der Waals surface area contributed by atoms with Crippen molar-refractivity contribution >= 4 is 17.1 Å². The average molecular weight is 425 g/mol. The van der Waals surface area contributed by atoms with E-state index >= 15 is 0 Å². The van der Waals surface area contributed by atoms with Crippen molar-refractivity contribution in [2.24, 2.45) is 0 Å². The number of hydrogen-bond donors (Lipinski definition) is 4. The average Bonchev–Trinajstić information content (AvgIpc) is 2.83. The zero-order valence-corrected chi connectivity index (χ0v) is 17.0. The smallest absolute Gasteiger partial charge is 0.119 e. The van der Waals surface area contributed by atoms with Crippen LogP contribution in [0.4, 0.5) is 17.1 Å². The summed E-state index contributed by atoms with van der Waals surface area (Å²) in [4.78, 5) is 2.07. The molecule has 7 nitrogen and oxygen atoms in total. The van der Waals surface area contributed by atoms with Gasteiger partial charge in [-0.25, -0.2) is 0 Å². The Morgan fingerprint density at radius 2 is 0.968 bits per heavy atom. The van der Waals surface area contributed by atoms with E-state index in [0.29, 0.717) is 11.5 Å². The lowest BCUT2D eigenvalue weighted by Gasteiger charge is -2.26. The van der Waals surface area contributed by atoms with Crippen molar-refractivity contribution in [1.82, 2.24) is 0 Å². The standard InChI is InChI=1S/C24H27NO6/c26-14-21(28)16-30-23-10-6-19(7-11-23)25(18-4-2-1-3-5-18)20-8-12-24(13-9-20)31-17-22(29)15-27/h1-13,21-22,26-29H,14-17H2. The molecule has 0 saturated carbocycles. The van der Waals surface area contributed by atoms with Crippen LogP contribution in [0.25, 0.3) is 0 Å². The van der Waals surface area contributed by atoms with Crippen molar-refractivity contribution in [2.75, 3.05) is 31.3 Å². The van der Waals surface area contributed by atoms with Crippen LogP contribution in [0.3, 0.4) is 0 Å². The maximum absolute atomic E-state index is 9.44. The molecule has 2 unspecified atom stereocenters. The maximum Gasteiger partial charge on any atom is 0.119 e. The summed E-state index contributed by atoms with van der Waals surface area (Å²) >= 11 is 0. The first-order valence-corrected chi connectivity index (χ1v) is 9.99. The number of ether oxygens (including phenoxy) is 2. The van der Waals surface area contributed by atoms with Gasteiger partial charge < -0.3 is 34.8 Å². The fraction of sp³-hybridized carbons (Fsp3) is 0.250. The number of aliphatic hydroxyl groups excluding tert-OH is 4. The van der Waals surface area contributed by atoms with Crippen LogP contribution in [0, 0.1) is 0 Å². The predicted octanol–water partition coefficient (Wildman–Crippen LogP) is 2.62. The summed E-state index contributed by atoms with van der Waals surface area (Å²) in [5, 5.41) is 36.7. The summed E-state index contributed by atoms with van der Waals surface area (Å²) in [5.41, 5.74) is 2.78. The van der Waals surface area contributed by atoms with E-state index in [0.717, 1.165) is 17.1 Å². The summed E-state index contributed by atoms with van der Waals surface area (Å²) in [6.45, 7) is -0.660. The Morgan fingerprint density at radius 3 is 1.35 bits per heavy atom. The third-order valence-electron chi connectivity index (χ3n) is 4.51. The highest BCUT2D eigenvalue weighted by Gasteiger charge is 2.13. The van der Waals surface area contributed by atoms with E-state index in [4.69, 9.17) is 19.7 Å². The molecule has 0 aromatic heterocycles. The molecule has 0 saturated heterocycles. The van der Waals surface area contributed by atoms with E-state index in [-0.39, 0.29) is 26.4 Å². The van der Waals surface area contributed by atoms with Gasteiger partial charge in [-0.3, -0.25) is 0 Å². The third-order valence-corrected chi connectivity index (χ3v) is 4.51. The highest BCUT2D eigenvalue weighted by atomic mass is 16.5. The Morgan fingerprint density at radius 1 is 0.581 bits per heavy atom. The van der Waals surface area contributed by atoms with Crippen molar-refractivity contribution in [1.29, 1.82) is 0 Å². The lowest BCUT2D eigenvalue weighted by molar-refractivity contribution is 0.0536. The SMILES string of the molecule is OCC(O)COc1ccc(N(c2ccccc2)c2ccc(OCC(O)CO)cc2)cc1.